The number of rotatable bonds is 9. The van der Waals surface area contributed by atoms with Gasteiger partial charge in [0.15, 0.2) is 5.82 Å². The van der Waals surface area contributed by atoms with Gasteiger partial charge in [0.05, 0.1) is 12.7 Å². The van der Waals surface area contributed by atoms with Crippen LogP contribution < -0.4 is 19.7 Å². The molecule has 4 aromatic rings. The van der Waals surface area contributed by atoms with E-state index < -0.39 is 11.6 Å². The van der Waals surface area contributed by atoms with Crippen LogP contribution in [0.5, 0.6) is 17.6 Å². The first-order chi connectivity index (χ1) is 25.3. The molecule has 0 spiro atoms. The van der Waals surface area contributed by atoms with Crippen molar-refractivity contribution in [3.8, 4) is 41.2 Å². The van der Waals surface area contributed by atoms with E-state index in [-0.39, 0.29) is 69.4 Å². The van der Waals surface area contributed by atoms with E-state index in [1.54, 1.807) is 0 Å². The molecule has 0 radical (unpaired) electrons. The van der Waals surface area contributed by atoms with Crippen molar-refractivity contribution >= 4 is 33.2 Å². The molecule has 2 aromatic heterocycles. The van der Waals surface area contributed by atoms with E-state index in [4.69, 9.17) is 25.7 Å². The van der Waals surface area contributed by atoms with Crippen LogP contribution >= 0.6 is 0 Å². The van der Waals surface area contributed by atoms with Crippen molar-refractivity contribution in [1.29, 1.82) is 0 Å². The van der Waals surface area contributed by atoms with Crippen molar-refractivity contribution in [3.05, 3.63) is 41.5 Å². The van der Waals surface area contributed by atoms with Gasteiger partial charge in [-0.05, 0) is 54.7 Å². The fraction of sp³-hybridized carbons (Fsp3) is 0.487. The number of ether oxygens (including phenoxy) is 2. The molecule has 0 amide bonds. The molecule has 8 rings (SSSR count). The first kappa shape index (κ1) is 37.0. The van der Waals surface area contributed by atoms with Crippen molar-refractivity contribution in [3.63, 3.8) is 0 Å². The molecule has 2 aromatic carbocycles. The third kappa shape index (κ3) is 7.14. The zero-order chi connectivity index (χ0) is 37.1. The van der Waals surface area contributed by atoms with Crippen molar-refractivity contribution in [1.82, 2.24) is 25.2 Å². The number of hydrogen-bond acceptors (Lipinski definition) is 11. The number of hydrogen-bond donors (Lipinski definition) is 2. The number of oxime groups is 1. The Morgan fingerprint density at radius 2 is 1.71 bits per heavy atom. The summed E-state index contributed by atoms with van der Waals surface area (Å²) in [6, 6.07) is 5.88. The molecule has 13 heteroatoms. The van der Waals surface area contributed by atoms with Gasteiger partial charge in [0, 0.05) is 55.8 Å². The fourth-order valence-electron chi connectivity index (χ4n) is 7.71. The Hall–Kier alpha value is -4.80. The van der Waals surface area contributed by atoms with Gasteiger partial charge in [-0.3, -0.25) is 4.90 Å². The molecule has 11 nitrogen and oxygen atoms in total. The average molecular weight is 716 g/mol. The third-order valence-corrected chi connectivity index (χ3v) is 9.92. The zero-order valence-electron chi connectivity index (χ0n) is 30.7. The smallest absolute Gasteiger partial charge is 0.319 e. The number of terminal acetylenes is 1. The predicted molar refractivity (Wildman–Crippen MR) is 199 cm³/mol. The van der Waals surface area contributed by atoms with Gasteiger partial charge in [0.2, 0.25) is 5.88 Å². The maximum atomic E-state index is 17.0. The number of methoxy groups -OCH3 is 1. The van der Waals surface area contributed by atoms with Crippen LogP contribution in [0.1, 0.15) is 52.5 Å². The Bertz CT molecular complexity index is 2000. The third-order valence-electron chi connectivity index (χ3n) is 9.92. The van der Waals surface area contributed by atoms with Crippen LogP contribution in [-0.4, -0.2) is 96.3 Å². The predicted octanol–water partition coefficient (Wildman–Crippen LogP) is 6.14. The number of anilines is 1. The Balaban J connectivity index is 0.00000112. The number of phenols is 1. The van der Waals surface area contributed by atoms with E-state index in [1.165, 1.54) is 44.9 Å². The summed E-state index contributed by atoms with van der Waals surface area (Å²) in [5.74, 6) is 2.75. The molecule has 4 atom stereocenters. The van der Waals surface area contributed by atoms with Crippen LogP contribution in [0.4, 0.5) is 14.6 Å². The lowest BCUT2D eigenvalue weighted by molar-refractivity contribution is 0.205. The SMILES string of the molecule is C#Cc1c(F)ccc2cc(O)cc(-c3nc(OC)c4c(N5CC6CCC(C5)N6)nc(OC/C(CN5CC6CC6C5)=N\OC)nc4c3F)c12.CC.CC. The van der Waals surface area contributed by atoms with Crippen LogP contribution in [0.25, 0.3) is 32.9 Å². The number of piperazine rings is 1. The number of likely N-dealkylation sites (tertiary alicyclic amines) is 1. The first-order valence-electron chi connectivity index (χ1n) is 18.2. The van der Waals surface area contributed by atoms with Crippen molar-refractivity contribution in [2.45, 2.75) is 59.0 Å². The summed E-state index contributed by atoms with van der Waals surface area (Å²) in [6.07, 6.45) is 9.05. The summed E-state index contributed by atoms with van der Waals surface area (Å²) in [5.41, 5.74) is 0.367. The normalized spacial score (nSPS) is 21.8. The Morgan fingerprint density at radius 1 is 1.00 bits per heavy atom. The molecular weight excluding hydrogens is 668 g/mol. The monoisotopic (exact) mass is 715 g/mol. The quantitative estimate of drug-likeness (QED) is 0.119. The second-order valence-corrected chi connectivity index (χ2v) is 13.1. The lowest BCUT2D eigenvalue weighted by atomic mass is 9.95. The number of nitrogens with zero attached hydrogens (tertiary/aromatic N) is 6. The van der Waals surface area contributed by atoms with Gasteiger partial charge in [-0.25, -0.2) is 13.8 Å². The minimum atomic E-state index is -0.821. The summed E-state index contributed by atoms with van der Waals surface area (Å²) in [6.45, 7) is 11.9. The molecule has 1 saturated carbocycles. The zero-order valence-corrected chi connectivity index (χ0v) is 30.7. The first-order valence-corrected chi connectivity index (χ1v) is 18.2. The number of piperidine rings is 1. The lowest BCUT2D eigenvalue weighted by Crippen LogP contribution is -2.51. The number of nitrogens with one attached hydrogen (secondary N) is 1. The molecule has 52 heavy (non-hydrogen) atoms. The second kappa shape index (κ2) is 15.8. The summed E-state index contributed by atoms with van der Waals surface area (Å²) in [4.78, 5) is 23.5. The van der Waals surface area contributed by atoms with Gasteiger partial charge < -0.3 is 29.6 Å². The van der Waals surface area contributed by atoms with E-state index in [9.17, 15) is 9.50 Å². The summed E-state index contributed by atoms with van der Waals surface area (Å²) in [5, 5.41) is 19.4. The van der Waals surface area contributed by atoms with Gasteiger partial charge in [-0.15, -0.1) is 6.42 Å². The number of benzene rings is 2. The number of fused-ring (bicyclic) bond motifs is 5. The molecule has 4 unspecified atom stereocenters. The van der Waals surface area contributed by atoms with E-state index >= 15 is 4.39 Å². The van der Waals surface area contributed by atoms with Crippen LogP contribution in [0, 0.1) is 35.8 Å². The molecule has 276 valence electrons. The summed E-state index contributed by atoms with van der Waals surface area (Å²) in [7, 11) is 2.92. The van der Waals surface area contributed by atoms with Gasteiger partial charge in [0.1, 0.15) is 53.4 Å². The number of aromatic hydroxyl groups is 1. The van der Waals surface area contributed by atoms with Gasteiger partial charge in [-0.1, -0.05) is 44.8 Å². The van der Waals surface area contributed by atoms with E-state index in [1.807, 2.05) is 27.7 Å². The Labute approximate surface area is 303 Å². The standard InChI is InChI=1S/C35H35F2N7O4.2C2H6/c1-4-25-27(36)8-5-18-10-24(45)11-26(28(18)25)31-30(37)32-29(34(39-31)46-2)33(44-15-21-6-7-22(16-44)38-21)41-35(40-32)48-17-23(42-47-3)14-43-12-19-9-20(19)13-43;2*1-2/h1,5,8,10-11,19-22,38,45H,6-7,9,12-17H2,2-3H3;2*1-2H3/b42-23-;;. The van der Waals surface area contributed by atoms with Crippen molar-refractivity contribution < 1.29 is 28.2 Å². The molecule has 3 saturated heterocycles. The lowest BCUT2D eigenvalue weighted by Gasteiger charge is -2.34. The maximum Gasteiger partial charge on any atom is 0.319 e. The van der Waals surface area contributed by atoms with Crippen molar-refractivity contribution in [2.24, 2.45) is 17.0 Å². The van der Waals surface area contributed by atoms with Crippen molar-refractivity contribution in [2.75, 3.05) is 58.5 Å². The van der Waals surface area contributed by atoms with Crippen LogP contribution in [0.2, 0.25) is 0 Å². The minimum Gasteiger partial charge on any atom is -0.508 e. The molecular formula is C39H47F2N7O4. The number of halogens is 2. The highest BCUT2D eigenvalue weighted by Crippen LogP contribution is 2.45. The highest BCUT2D eigenvalue weighted by Gasteiger charge is 2.45. The highest BCUT2D eigenvalue weighted by atomic mass is 19.1. The van der Waals surface area contributed by atoms with Gasteiger partial charge in [0.25, 0.3) is 0 Å². The maximum absolute atomic E-state index is 17.0. The largest absolute Gasteiger partial charge is 0.508 e. The van der Waals surface area contributed by atoms with Crippen LogP contribution in [0.3, 0.4) is 0 Å². The van der Waals surface area contributed by atoms with E-state index in [0.29, 0.717) is 36.6 Å². The van der Waals surface area contributed by atoms with Gasteiger partial charge >= 0.3 is 6.01 Å². The number of aromatic nitrogens is 3. The Morgan fingerprint density at radius 3 is 2.37 bits per heavy atom. The number of phenolic OH excluding ortho intramolecular Hbond substituents is 1. The number of pyridine rings is 1. The molecule has 3 aliphatic heterocycles. The van der Waals surface area contributed by atoms with E-state index in [0.717, 1.165) is 37.8 Å². The second-order valence-electron chi connectivity index (χ2n) is 13.1. The molecule has 4 fully saturated rings. The topological polar surface area (TPSA) is 117 Å². The Kier molecular flexibility index (Phi) is 11.3. The average Bonchev–Trinajstić information content (AvgIpc) is 3.63. The van der Waals surface area contributed by atoms with Gasteiger partial charge in [-0.2, -0.15) is 9.97 Å². The summed E-state index contributed by atoms with van der Waals surface area (Å²) < 4.78 is 43.9. The van der Waals surface area contributed by atoms with Crippen LogP contribution in [-0.2, 0) is 4.84 Å². The molecule has 2 bridgehead atoms. The summed E-state index contributed by atoms with van der Waals surface area (Å²) >= 11 is 0. The van der Waals surface area contributed by atoms with E-state index in [2.05, 4.69) is 36.2 Å². The molecule has 4 aliphatic rings. The molecule has 1 aliphatic carbocycles. The molecule has 5 heterocycles. The highest BCUT2D eigenvalue weighted by molar-refractivity contribution is 6.04. The molecule has 2 N–H and O–H groups in total. The van der Waals surface area contributed by atoms with Crippen LogP contribution in [0.15, 0.2) is 29.4 Å². The minimum absolute atomic E-state index is 0.0378. The fourth-order valence-corrected chi connectivity index (χ4v) is 7.71.